The van der Waals surface area contributed by atoms with Gasteiger partial charge in [0, 0.05) is 16.3 Å². The number of fused-ring (bicyclic) bond motifs is 2. The number of rotatable bonds is 2. The smallest absolute Gasteiger partial charge is 0.0238 e. The number of aryl methyl sites for hydroxylation is 2. The zero-order chi connectivity index (χ0) is 13.2. The lowest BCUT2D eigenvalue weighted by Gasteiger charge is -2.15. The predicted octanol–water partition coefficient (Wildman–Crippen LogP) is 4.00. The summed E-state index contributed by atoms with van der Waals surface area (Å²) in [6.45, 7) is 1.01. The predicted molar refractivity (Wildman–Crippen MR) is 81.8 cm³/mol. The third-order valence-corrected chi connectivity index (χ3v) is 4.86. The van der Waals surface area contributed by atoms with Gasteiger partial charge in [0.25, 0.3) is 0 Å². The summed E-state index contributed by atoms with van der Waals surface area (Å²) in [7, 11) is 4.27. The van der Waals surface area contributed by atoms with E-state index in [1.54, 1.807) is 0 Å². The lowest BCUT2D eigenvalue weighted by molar-refractivity contribution is 0.399. The number of nitrogens with zero attached hydrogens (tertiary/aromatic N) is 1. The van der Waals surface area contributed by atoms with Gasteiger partial charge < -0.3 is 4.90 Å². The van der Waals surface area contributed by atoms with Gasteiger partial charge in [-0.2, -0.15) is 0 Å². The molecule has 0 radical (unpaired) electrons. The minimum atomic E-state index is 1.01. The first-order chi connectivity index (χ1) is 9.24. The molecule has 0 saturated heterocycles. The minimum Gasteiger partial charge on any atom is -0.305 e. The second kappa shape index (κ2) is 5.40. The van der Waals surface area contributed by atoms with Crippen molar-refractivity contribution >= 4 is 11.8 Å². The average Bonchev–Trinajstić information content (AvgIpc) is 2.58. The highest BCUT2D eigenvalue weighted by atomic mass is 32.2. The van der Waals surface area contributed by atoms with Crippen molar-refractivity contribution in [1.82, 2.24) is 4.90 Å². The molecule has 0 amide bonds. The Bertz CT molecular complexity index is 590. The van der Waals surface area contributed by atoms with E-state index in [0.29, 0.717) is 0 Å². The van der Waals surface area contributed by atoms with Crippen LogP contribution in [-0.2, 0) is 19.4 Å². The monoisotopic (exact) mass is 269 g/mol. The lowest BCUT2D eigenvalue weighted by Crippen LogP contribution is -2.11. The first kappa shape index (κ1) is 12.8. The highest BCUT2D eigenvalue weighted by molar-refractivity contribution is 7.99. The maximum atomic E-state index is 2.29. The Hall–Kier alpha value is -1.25. The molecule has 2 aromatic carbocycles. The number of benzene rings is 2. The van der Waals surface area contributed by atoms with E-state index in [1.807, 2.05) is 11.8 Å². The second-order valence-corrected chi connectivity index (χ2v) is 6.41. The Morgan fingerprint density at radius 3 is 2.53 bits per heavy atom. The molecule has 2 aromatic rings. The summed E-state index contributed by atoms with van der Waals surface area (Å²) in [4.78, 5) is 5.14. The normalized spacial score (nSPS) is 13.8. The first-order valence-electron chi connectivity index (χ1n) is 6.75. The van der Waals surface area contributed by atoms with Crippen LogP contribution in [-0.4, -0.2) is 19.0 Å². The summed E-state index contributed by atoms with van der Waals surface area (Å²) in [6, 6.07) is 15.6. The van der Waals surface area contributed by atoms with E-state index < -0.39 is 0 Å². The van der Waals surface area contributed by atoms with Crippen molar-refractivity contribution in [1.29, 1.82) is 0 Å². The van der Waals surface area contributed by atoms with Crippen molar-refractivity contribution in [3.8, 4) is 0 Å². The van der Waals surface area contributed by atoms with Gasteiger partial charge in [0.15, 0.2) is 0 Å². The van der Waals surface area contributed by atoms with Gasteiger partial charge in [0.1, 0.15) is 0 Å². The number of hydrogen-bond donors (Lipinski definition) is 0. The van der Waals surface area contributed by atoms with Gasteiger partial charge in [0.2, 0.25) is 0 Å². The average molecular weight is 269 g/mol. The molecular weight excluding hydrogens is 250 g/mol. The van der Waals surface area contributed by atoms with Crippen molar-refractivity contribution in [2.24, 2.45) is 0 Å². The van der Waals surface area contributed by atoms with Gasteiger partial charge in [-0.15, -0.1) is 0 Å². The quantitative estimate of drug-likeness (QED) is 0.810. The van der Waals surface area contributed by atoms with E-state index in [2.05, 4.69) is 61.5 Å². The summed E-state index contributed by atoms with van der Waals surface area (Å²) in [5.41, 5.74) is 4.43. The summed E-state index contributed by atoms with van der Waals surface area (Å²) >= 11 is 1.95. The van der Waals surface area contributed by atoms with Crippen LogP contribution in [0.15, 0.2) is 52.3 Å². The minimum absolute atomic E-state index is 1.01. The largest absolute Gasteiger partial charge is 0.305 e. The van der Waals surface area contributed by atoms with Crippen molar-refractivity contribution in [2.45, 2.75) is 29.2 Å². The summed E-state index contributed by atoms with van der Waals surface area (Å²) in [5, 5.41) is 0. The lowest BCUT2D eigenvalue weighted by atomic mass is 10.0. The van der Waals surface area contributed by atoms with E-state index in [-0.39, 0.29) is 0 Å². The van der Waals surface area contributed by atoms with Crippen molar-refractivity contribution in [2.75, 3.05) is 14.1 Å². The maximum Gasteiger partial charge on any atom is 0.0238 e. The van der Waals surface area contributed by atoms with Crippen LogP contribution in [0.2, 0.25) is 0 Å². The van der Waals surface area contributed by atoms with E-state index in [1.165, 1.54) is 26.5 Å². The fraction of sp³-hybridized carbons (Fsp3) is 0.294. The molecule has 3 rings (SSSR count). The Kier molecular flexibility index (Phi) is 3.63. The van der Waals surface area contributed by atoms with Crippen molar-refractivity contribution < 1.29 is 0 Å². The zero-order valence-corrected chi connectivity index (χ0v) is 12.3. The molecule has 0 bridgehead atoms. The highest BCUT2D eigenvalue weighted by Gasteiger charge is 2.16. The molecule has 0 atom stereocenters. The van der Waals surface area contributed by atoms with Gasteiger partial charge >= 0.3 is 0 Å². The number of hydrogen-bond acceptors (Lipinski definition) is 2. The molecule has 0 unspecified atom stereocenters. The van der Waals surface area contributed by atoms with Crippen LogP contribution in [0.1, 0.15) is 16.7 Å². The Morgan fingerprint density at radius 1 is 0.947 bits per heavy atom. The van der Waals surface area contributed by atoms with Crippen LogP contribution < -0.4 is 0 Å². The molecule has 0 aromatic heterocycles. The van der Waals surface area contributed by atoms with Gasteiger partial charge in [-0.05, 0) is 49.7 Å². The van der Waals surface area contributed by atoms with Crippen molar-refractivity contribution in [3.05, 3.63) is 59.2 Å². The molecule has 0 spiro atoms. The fourth-order valence-corrected chi connectivity index (χ4v) is 3.85. The molecular formula is C17H19NS. The third kappa shape index (κ3) is 2.70. The second-order valence-electron chi connectivity index (χ2n) is 5.35. The van der Waals surface area contributed by atoms with Crippen LogP contribution in [0, 0.1) is 0 Å². The molecule has 98 valence electrons. The Labute approximate surface area is 119 Å². The van der Waals surface area contributed by atoms with Gasteiger partial charge in [-0.3, -0.25) is 0 Å². The van der Waals surface area contributed by atoms with E-state index in [4.69, 9.17) is 0 Å². The molecule has 0 N–H and O–H groups in total. The zero-order valence-electron chi connectivity index (χ0n) is 11.5. The molecule has 0 fully saturated rings. The van der Waals surface area contributed by atoms with E-state index in [0.717, 1.165) is 19.4 Å². The molecule has 0 saturated carbocycles. The standard InChI is InChI=1S/C17H19NS/c1-18(2)12-15-8-5-7-14-11-10-13-6-3-4-9-16(13)19-17(14)15/h3-9H,10-12H2,1-2H3. The molecule has 1 nitrogen and oxygen atoms in total. The first-order valence-corrected chi connectivity index (χ1v) is 7.57. The van der Waals surface area contributed by atoms with Crippen LogP contribution in [0.3, 0.4) is 0 Å². The topological polar surface area (TPSA) is 3.24 Å². The van der Waals surface area contributed by atoms with Crippen LogP contribution in [0.25, 0.3) is 0 Å². The van der Waals surface area contributed by atoms with E-state index >= 15 is 0 Å². The van der Waals surface area contributed by atoms with Crippen LogP contribution >= 0.6 is 11.8 Å². The van der Waals surface area contributed by atoms with Crippen LogP contribution in [0.5, 0.6) is 0 Å². The van der Waals surface area contributed by atoms with Gasteiger partial charge in [-0.25, -0.2) is 0 Å². The molecule has 0 aliphatic carbocycles. The Balaban J connectivity index is 2.04. The third-order valence-electron chi connectivity index (χ3n) is 3.51. The SMILES string of the molecule is CN(C)Cc1cccc2c1Sc1ccccc1CC2. The summed E-state index contributed by atoms with van der Waals surface area (Å²) in [6.07, 6.45) is 2.31. The molecule has 19 heavy (non-hydrogen) atoms. The van der Waals surface area contributed by atoms with Crippen molar-refractivity contribution in [3.63, 3.8) is 0 Å². The fourth-order valence-electron chi connectivity index (χ4n) is 2.62. The van der Waals surface area contributed by atoms with Crippen LogP contribution in [0.4, 0.5) is 0 Å². The molecule has 1 heterocycles. The summed E-state index contributed by atoms with van der Waals surface area (Å²) in [5.74, 6) is 0. The molecule has 1 aliphatic rings. The van der Waals surface area contributed by atoms with E-state index in [9.17, 15) is 0 Å². The molecule has 1 aliphatic heterocycles. The maximum absolute atomic E-state index is 2.29. The highest BCUT2D eigenvalue weighted by Crippen LogP contribution is 2.39. The Morgan fingerprint density at radius 2 is 1.68 bits per heavy atom. The van der Waals surface area contributed by atoms with Gasteiger partial charge in [0.05, 0.1) is 0 Å². The molecule has 2 heteroatoms. The summed E-state index contributed by atoms with van der Waals surface area (Å²) < 4.78 is 0. The van der Waals surface area contributed by atoms with Gasteiger partial charge in [-0.1, -0.05) is 48.2 Å².